The third kappa shape index (κ3) is 2.51. The maximum absolute atomic E-state index is 11.9. The molecule has 0 radical (unpaired) electrons. The van der Waals surface area contributed by atoms with E-state index in [1.165, 1.54) is 37.7 Å². The molecule has 2 aliphatic heterocycles. The number of amides is 1. The number of rotatable bonds is 2. The van der Waals surface area contributed by atoms with Gasteiger partial charge in [-0.3, -0.25) is 10.1 Å². The van der Waals surface area contributed by atoms with Crippen LogP contribution in [0.15, 0.2) is 29.3 Å². The number of carbonyl (C=O) groups excluding carboxylic acids is 1. The van der Waals surface area contributed by atoms with Crippen molar-refractivity contribution in [3.8, 4) is 0 Å². The fraction of sp³-hybridized carbons (Fsp3) is 0.556. The molecule has 1 saturated carbocycles. The fourth-order valence-electron chi connectivity index (χ4n) is 4.03. The largest absolute Gasteiger partial charge is 0.330 e. The summed E-state index contributed by atoms with van der Waals surface area (Å²) in [6.45, 7) is 0.933. The first-order chi connectivity index (χ1) is 10.8. The van der Waals surface area contributed by atoms with Crippen LogP contribution >= 0.6 is 0 Å². The van der Waals surface area contributed by atoms with Crippen LogP contribution in [-0.4, -0.2) is 29.4 Å². The quantitative estimate of drug-likeness (QED) is 0.910. The number of hydrogen-bond acceptors (Lipinski definition) is 2. The van der Waals surface area contributed by atoms with Gasteiger partial charge in [0.15, 0.2) is 0 Å². The molecule has 4 nitrogen and oxygen atoms in total. The van der Waals surface area contributed by atoms with E-state index in [9.17, 15) is 4.79 Å². The second kappa shape index (κ2) is 5.75. The van der Waals surface area contributed by atoms with Crippen molar-refractivity contribution >= 4 is 17.6 Å². The zero-order chi connectivity index (χ0) is 14.9. The number of carbonyl (C=O) groups is 1. The third-order valence-electron chi connectivity index (χ3n) is 5.27. The van der Waals surface area contributed by atoms with E-state index >= 15 is 0 Å². The minimum Gasteiger partial charge on any atom is -0.330 e. The van der Waals surface area contributed by atoms with Gasteiger partial charge in [-0.25, -0.2) is 4.99 Å². The third-order valence-corrected chi connectivity index (χ3v) is 5.27. The van der Waals surface area contributed by atoms with Crippen LogP contribution in [0, 0.1) is 0 Å². The number of benzene rings is 1. The molecule has 116 valence electrons. The number of hydrogen-bond donors (Lipinski definition) is 1. The highest BCUT2D eigenvalue weighted by molar-refractivity contribution is 6.07. The van der Waals surface area contributed by atoms with Gasteiger partial charge in [-0.2, -0.15) is 0 Å². The highest BCUT2D eigenvalue weighted by atomic mass is 16.2. The Bertz CT molecular complexity index is 587. The van der Waals surface area contributed by atoms with Crippen LogP contribution in [0.3, 0.4) is 0 Å². The van der Waals surface area contributed by atoms with Crippen molar-refractivity contribution in [2.24, 2.45) is 4.99 Å². The molecule has 0 spiro atoms. The van der Waals surface area contributed by atoms with Crippen molar-refractivity contribution in [1.82, 2.24) is 10.2 Å². The maximum atomic E-state index is 11.9. The standard InChI is InChI=1S/C18H23N3O/c22-17-16-7-4-12-21(16)18(20-17)19-15-10-8-14(9-11-15)13-5-2-1-3-6-13/h8-11,13,16H,1-7,12H2,(H,19,20,22). The predicted octanol–water partition coefficient (Wildman–Crippen LogP) is 3.32. The molecule has 1 atom stereocenters. The summed E-state index contributed by atoms with van der Waals surface area (Å²) in [5.41, 5.74) is 2.38. The highest BCUT2D eigenvalue weighted by Gasteiger charge is 2.39. The molecule has 4 heteroatoms. The van der Waals surface area contributed by atoms with Crippen LogP contribution in [0.1, 0.15) is 56.4 Å². The first kappa shape index (κ1) is 13.8. The number of fused-ring (bicyclic) bond motifs is 1. The normalized spacial score (nSPS) is 27.3. The Hall–Kier alpha value is -1.84. The zero-order valence-electron chi connectivity index (χ0n) is 12.9. The molecule has 3 fully saturated rings. The molecular weight excluding hydrogens is 274 g/mol. The molecule has 1 amide bonds. The average Bonchev–Trinajstić information content (AvgIpc) is 3.15. The molecule has 0 bridgehead atoms. The topological polar surface area (TPSA) is 44.7 Å². The Balaban J connectivity index is 1.51. The molecule has 2 heterocycles. The molecule has 1 aliphatic carbocycles. The van der Waals surface area contributed by atoms with Gasteiger partial charge in [0.25, 0.3) is 0 Å². The van der Waals surface area contributed by atoms with Crippen molar-refractivity contribution < 1.29 is 4.79 Å². The van der Waals surface area contributed by atoms with E-state index in [1.54, 1.807) is 0 Å². The number of aliphatic imine (C=N–C) groups is 1. The van der Waals surface area contributed by atoms with Crippen LogP contribution in [0.25, 0.3) is 0 Å². The van der Waals surface area contributed by atoms with Crippen molar-refractivity contribution in [2.45, 2.75) is 56.9 Å². The lowest BCUT2D eigenvalue weighted by atomic mass is 9.84. The zero-order valence-corrected chi connectivity index (χ0v) is 12.9. The van der Waals surface area contributed by atoms with Gasteiger partial charge in [0, 0.05) is 6.54 Å². The van der Waals surface area contributed by atoms with E-state index in [0.29, 0.717) is 0 Å². The summed E-state index contributed by atoms with van der Waals surface area (Å²) < 4.78 is 0. The smallest absolute Gasteiger partial charge is 0.249 e. The van der Waals surface area contributed by atoms with E-state index in [0.717, 1.165) is 37.0 Å². The minimum absolute atomic E-state index is 0.0141. The van der Waals surface area contributed by atoms with Crippen molar-refractivity contribution in [3.63, 3.8) is 0 Å². The number of nitrogens with zero attached hydrogens (tertiary/aromatic N) is 2. The van der Waals surface area contributed by atoms with E-state index in [-0.39, 0.29) is 11.9 Å². The van der Waals surface area contributed by atoms with Gasteiger partial charge in [-0.05, 0) is 49.3 Å². The Morgan fingerprint density at radius 1 is 1.00 bits per heavy atom. The van der Waals surface area contributed by atoms with Crippen LogP contribution in [0.2, 0.25) is 0 Å². The fourth-order valence-corrected chi connectivity index (χ4v) is 4.03. The summed E-state index contributed by atoms with van der Waals surface area (Å²) in [4.78, 5) is 18.6. The predicted molar refractivity (Wildman–Crippen MR) is 87.2 cm³/mol. The Morgan fingerprint density at radius 3 is 2.55 bits per heavy atom. The minimum atomic E-state index is 0.0141. The first-order valence-corrected chi connectivity index (χ1v) is 8.57. The highest BCUT2D eigenvalue weighted by Crippen LogP contribution is 2.33. The Kier molecular flexibility index (Phi) is 3.60. The van der Waals surface area contributed by atoms with E-state index < -0.39 is 0 Å². The van der Waals surface area contributed by atoms with Crippen LogP contribution < -0.4 is 5.32 Å². The summed E-state index contributed by atoms with van der Waals surface area (Å²) >= 11 is 0. The molecule has 4 rings (SSSR count). The summed E-state index contributed by atoms with van der Waals surface area (Å²) in [7, 11) is 0. The van der Waals surface area contributed by atoms with Crippen LogP contribution in [0.4, 0.5) is 5.69 Å². The van der Waals surface area contributed by atoms with E-state index in [4.69, 9.17) is 0 Å². The molecule has 1 aromatic carbocycles. The van der Waals surface area contributed by atoms with Gasteiger partial charge >= 0.3 is 0 Å². The van der Waals surface area contributed by atoms with E-state index in [1.807, 2.05) is 0 Å². The van der Waals surface area contributed by atoms with Crippen LogP contribution in [0.5, 0.6) is 0 Å². The van der Waals surface area contributed by atoms with E-state index in [2.05, 4.69) is 39.5 Å². The van der Waals surface area contributed by atoms with Crippen molar-refractivity contribution in [3.05, 3.63) is 29.8 Å². The van der Waals surface area contributed by atoms with Gasteiger partial charge < -0.3 is 4.90 Å². The average molecular weight is 297 g/mol. The molecule has 2 saturated heterocycles. The summed E-state index contributed by atoms with van der Waals surface area (Å²) in [6, 6.07) is 8.63. The number of nitrogens with one attached hydrogen (secondary N) is 1. The van der Waals surface area contributed by atoms with Crippen molar-refractivity contribution in [1.29, 1.82) is 0 Å². The van der Waals surface area contributed by atoms with Gasteiger partial charge in [-0.1, -0.05) is 31.4 Å². The van der Waals surface area contributed by atoms with Crippen LogP contribution in [-0.2, 0) is 4.79 Å². The van der Waals surface area contributed by atoms with Gasteiger partial charge in [0.05, 0.1) is 5.69 Å². The molecular formula is C18H23N3O. The Morgan fingerprint density at radius 2 is 1.77 bits per heavy atom. The number of guanidine groups is 1. The summed E-state index contributed by atoms with van der Waals surface area (Å²) in [5, 5.41) is 2.92. The molecule has 0 aromatic heterocycles. The summed E-state index contributed by atoms with van der Waals surface area (Å²) in [5.74, 6) is 1.57. The summed E-state index contributed by atoms with van der Waals surface area (Å²) in [6.07, 6.45) is 8.77. The second-order valence-electron chi connectivity index (χ2n) is 6.70. The SMILES string of the molecule is O=C1NC(=Nc2ccc(C3CCCCC3)cc2)N2CCCC12. The lowest BCUT2D eigenvalue weighted by molar-refractivity contribution is -0.120. The lowest BCUT2D eigenvalue weighted by Crippen LogP contribution is -2.30. The molecule has 3 aliphatic rings. The van der Waals surface area contributed by atoms with Gasteiger partial charge in [-0.15, -0.1) is 0 Å². The first-order valence-electron chi connectivity index (χ1n) is 8.57. The monoisotopic (exact) mass is 297 g/mol. The molecule has 22 heavy (non-hydrogen) atoms. The Labute approximate surface area is 131 Å². The maximum Gasteiger partial charge on any atom is 0.249 e. The van der Waals surface area contributed by atoms with Gasteiger partial charge in [0.1, 0.15) is 6.04 Å². The lowest BCUT2D eigenvalue weighted by Gasteiger charge is -2.22. The second-order valence-corrected chi connectivity index (χ2v) is 6.70. The molecule has 1 unspecified atom stereocenters. The molecule has 1 aromatic rings. The van der Waals surface area contributed by atoms with Gasteiger partial charge in [0.2, 0.25) is 11.9 Å². The molecule has 1 N–H and O–H groups in total. The van der Waals surface area contributed by atoms with Crippen molar-refractivity contribution in [2.75, 3.05) is 6.54 Å².